The van der Waals surface area contributed by atoms with E-state index >= 15 is 0 Å². The van der Waals surface area contributed by atoms with Crippen molar-refractivity contribution in [2.24, 2.45) is 0 Å². The van der Waals surface area contributed by atoms with Crippen LogP contribution in [-0.2, 0) is 9.31 Å². The van der Waals surface area contributed by atoms with Crippen LogP contribution in [0.25, 0.3) is 6.08 Å². The largest absolute Gasteiger partial charge is 0.495 e. The van der Waals surface area contributed by atoms with Crippen LogP contribution in [0.5, 0.6) is 5.75 Å². The van der Waals surface area contributed by atoms with Gasteiger partial charge in [0.25, 0.3) is 0 Å². The minimum absolute atomic E-state index is 0.190. The molecule has 1 aliphatic rings. The van der Waals surface area contributed by atoms with Gasteiger partial charge in [0.1, 0.15) is 11.8 Å². The van der Waals surface area contributed by atoms with E-state index in [4.69, 9.17) is 19.3 Å². The molecule has 0 bridgehead atoms. The van der Waals surface area contributed by atoms with Crippen molar-refractivity contribution in [2.75, 3.05) is 13.7 Å². The van der Waals surface area contributed by atoms with E-state index in [-0.39, 0.29) is 6.61 Å². The highest BCUT2D eigenvalue weighted by Crippen LogP contribution is 2.38. The fraction of sp³-hybridized carbons (Fsp3) is 0.471. The van der Waals surface area contributed by atoms with Crippen LogP contribution in [0.1, 0.15) is 38.8 Å². The molecule has 1 fully saturated rings. The van der Waals surface area contributed by atoms with E-state index in [9.17, 15) is 5.11 Å². The molecule has 0 spiro atoms. The van der Waals surface area contributed by atoms with E-state index in [1.807, 2.05) is 33.8 Å². The summed E-state index contributed by atoms with van der Waals surface area (Å²) in [6.07, 6.45) is 1.78. The minimum Gasteiger partial charge on any atom is -0.495 e. The normalized spacial score (nSPS) is 19.5. The van der Waals surface area contributed by atoms with Gasteiger partial charge in [-0.05, 0) is 50.9 Å². The van der Waals surface area contributed by atoms with Crippen molar-refractivity contribution in [3.8, 4) is 11.8 Å². The summed E-state index contributed by atoms with van der Waals surface area (Å²) in [5.74, 6) is 0.519. The highest BCUT2D eigenvalue weighted by molar-refractivity contribution is 6.55. The number of hydrogen-bond acceptors (Lipinski definition) is 5. The third-order valence-electron chi connectivity index (χ3n) is 4.43. The van der Waals surface area contributed by atoms with Gasteiger partial charge < -0.3 is 19.2 Å². The lowest BCUT2D eigenvalue weighted by molar-refractivity contribution is 0.00578. The van der Waals surface area contributed by atoms with Crippen molar-refractivity contribution < 1.29 is 19.2 Å². The molecule has 23 heavy (non-hydrogen) atoms. The van der Waals surface area contributed by atoms with Crippen LogP contribution in [0.3, 0.4) is 0 Å². The fourth-order valence-electron chi connectivity index (χ4n) is 2.30. The molecule has 0 aliphatic carbocycles. The lowest BCUT2D eigenvalue weighted by atomic mass is 9.77. The molecule has 0 amide bonds. The average Bonchev–Trinajstić information content (AvgIpc) is 2.72. The summed E-state index contributed by atoms with van der Waals surface area (Å²) in [4.78, 5) is 0. The lowest BCUT2D eigenvalue weighted by Gasteiger charge is -2.32. The van der Waals surface area contributed by atoms with Gasteiger partial charge in [0.05, 0.1) is 30.5 Å². The van der Waals surface area contributed by atoms with E-state index in [0.717, 1.165) is 5.56 Å². The first kappa shape index (κ1) is 17.5. The molecule has 0 saturated carbocycles. The number of aliphatic hydroxyl groups excluding tert-OH is 1. The molecule has 2 rings (SSSR count). The molecule has 122 valence electrons. The Bertz CT molecular complexity index is 645. The summed E-state index contributed by atoms with van der Waals surface area (Å²) in [5, 5.41) is 18.9. The summed E-state index contributed by atoms with van der Waals surface area (Å²) in [7, 11) is 0.910. The molecule has 1 aromatic carbocycles. The Morgan fingerprint density at radius 2 is 1.91 bits per heavy atom. The number of benzene rings is 1. The number of ether oxygens (including phenoxy) is 1. The van der Waals surface area contributed by atoms with Gasteiger partial charge in [0.2, 0.25) is 0 Å². The predicted molar refractivity (Wildman–Crippen MR) is 88.9 cm³/mol. The highest BCUT2D eigenvalue weighted by Gasteiger charge is 2.52. The molecule has 0 unspecified atom stereocenters. The molecule has 6 heteroatoms. The number of nitrogens with zero attached hydrogens (tertiary/aromatic N) is 1. The third-order valence-corrected chi connectivity index (χ3v) is 4.43. The van der Waals surface area contributed by atoms with Crippen LogP contribution < -0.4 is 4.74 Å². The first-order valence-electron chi connectivity index (χ1n) is 7.49. The maximum Gasteiger partial charge on any atom is 0.492 e. The third kappa shape index (κ3) is 3.42. The van der Waals surface area contributed by atoms with Crippen molar-refractivity contribution in [1.29, 1.82) is 5.26 Å². The van der Waals surface area contributed by atoms with Crippen LogP contribution in [0.15, 0.2) is 23.7 Å². The molecular formula is C17H22BNO4. The van der Waals surface area contributed by atoms with E-state index in [2.05, 4.69) is 6.07 Å². The maximum atomic E-state index is 9.70. The second-order valence-electron chi connectivity index (χ2n) is 6.54. The standard InChI is InChI=1S/C17H22BNO4/c1-16(2)17(3,4)23-18(22-16)14(11-20)9-12-6-7-15(21-5)13(8-12)10-19/h6-9,20H,11H2,1-5H3. The van der Waals surface area contributed by atoms with Crippen molar-refractivity contribution in [3.63, 3.8) is 0 Å². The summed E-state index contributed by atoms with van der Waals surface area (Å²) < 4.78 is 17.0. The number of nitriles is 1. The molecule has 0 radical (unpaired) electrons. The second-order valence-corrected chi connectivity index (χ2v) is 6.54. The summed E-state index contributed by atoms with van der Waals surface area (Å²) >= 11 is 0. The highest BCUT2D eigenvalue weighted by atomic mass is 16.7. The van der Waals surface area contributed by atoms with Gasteiger partial charge in [-0.15, -0.1) is 0 Å². The lowest BCUT2D eigenvalue weighted by Crippen LogP contribution is -2.41. The van der Waals surface area contributed by atoms with Gasteiger partial charge in [-0.2, -0.15) is 5.26 Å². The van der Waals surface area contributed by atoms with Gasteiger partial charge in [0.15, 0.2) is 0 Å². The van der Waals surface area contributed by atoms with E-state index in [1.165, 1.54) is 7.11 Å². The summed E-state index contributed by atoms with van der Waals surface area (Å²) in [6.45, 7) is 7.66. The SMILES string of the molecule is COc1ccc(C=C(CO)B2OC(C)(C)C(C)(C)O2)cc1C#N. The molecule has 0 aromatic heterocycles. The van der Waals surface area contributed by atoms with Gasteiger partial charge in [0, 0.05) is 0 Å². The zero-order chi connectivity index (χ0) is 17.3. The topological polar surface area (TPSA) is 71.7 Å². The first-order chi connectivity index (χ1) is 10.7. The van der Waals surface area contributed by atoms with Crippen molar-refractivity contribution in [3.05, 3.63) is 34.8 Å². The van der Waals surface area contributed by atoms with Crippen molar-refractivity contribution in [2.45, 2.75) is 38.9 Å². The molecule has 1 N–H and O–H groups in total. The van der Waals surface area contributed by atoms with Crippen molar-refractivity contribution in [1.82, 2.24) is 0 Å². The minimum atomic E-state index is -0.613. The Labute approximate surface area is 137 Å². The Morgan fingerprint density at radius 3 is 2.39 bits per heavy atom. The summed E-state index contributed by atoms with van der Waals surface area (Å²) in [6, 6.07) is 7.35. The van der Waals surface area contributed by atoms with Crippen LogP contribution >= 0.6 is 0 Å². The molecule has 0 atom stereocenters. The quantitative estimate of drug-likeness (QED) is 0.865. The fourth-order valence-corrected chi connectivity index (χ4v) is 2.30. The zero-order valence-electron chi connectivity index (χ0n) is 14.2. The number of aliphatic hydroxyl groups is 1. The zero-order valence-corrected chi connectivity index (χ0v) is 14.2. The average molecular weight is 315 g/mol. The van der Waals surface area contributed by atoms with Crippen molar-refractivity contribution >= 4 is 13.2 Å². The van der Waals surface area contributed by atoms with Crippen LogP contribution in [-0.4, -0.2) is 37.1 Å². The Balaban J connectivity index is 2.32. The van der Waals surface area contributed by atoms with Gasteiger partial charge in [-0.25, -0.2) is 0 Å². The van der Waals surface area contributed by atoms with E-state index in [1.54, 1.807) is 18.2 Å². The molecule has 5 nitrogen and oxygen atoms in total. The van der Waals surface area contributed by atoms with Crippen LogP contribution in [0.4, 0.5) is 0 Å². The van der Waals surface area contributed by atoms with Crippen LogP contribution in [0, 0.1) is 11.3 Å². The maximum absolute atomic E-state index is 9.70. The molecular weight excluding hydrogens is 293 g/mol. The van der Waals surface area contributed by atoms with E-state index in [0.29, 0.717) is 16.8 Å². The molecule has 1 aliphatic heterocycles. The smallest absolute Gasteiger partial charge is 0.492 e. The van der Waals surface area contributed by atoms with Gasteiger partial charge in [-0.1, -0.05) is 12.1 Å². The first-order valence-corrected chi connectivity index (χ1v) is 7.49. The number of rotatable bonds is 4. The Kier molecular flexibility index (Phi) is 4.85. The van der Waals surface area contributed by atoms with Gasteiger partial charge in [-0.3, -0.25) is 0 Å². The Morgan fingerprint density at radius 1 is 1.30 bits per heavy atom. The predicted octanol–water partition coefficient (Wildman–Crippen LogP) is 2.57. The monoisotopic (exact) mass is 315 g/mol. The van der Waals surface area contributed by atoms with E-state index < -0.39 is 18.3 Å². The van der Waals surface area contributed by atoms with Crippen LogP contribution in [0.2, 0.25) is 0 Å². The Hall–Kier alpha value is -1.81. The second kappa shape index (κ2) is 6.36. The molecule has 1 heterocycles. The summed E-state index contributed by atoms with van der Waals surface area (Å²) in [5.41, 5.74) is 0.888. The molecule has 1 saturated heterocycles. The molecule has 1 aromatic rings. The number of hydrogen-bond donors (Lipinski definition) is 1. The number of methoxy groups -OCH3 is 1. The van der Waals surface area contributed by atoms with Gasteiger partial charge >= 0.3 is 7.12 Å².